The summed E-state index contributed by atoms with van der Waals surface area (Å²) in [7, 11) is 1.64. The van der Waals surface area contributed by atoms with Crippen molar-refractivity contribution in [1.29, 1.82) is 0 Å². The molecular formula is C12H28Si3. The summed E-state index contributed by atoms with van der Waals surface area (Å²) in [5, 5.41) is 0. The molecule has 0 unspecified atom stereocenters. The second-order valence-corrected chi connectivity index (χ2v) is 22.1. The van der Waals surface area contributed by atoms with Gasteiger partial charge in [0.15, 0.2) is 0 Å². The third-order valence-electron chi connectivity index (χ3n) is 4.67. The zero-order valence-corrected chi connectivity index (χ0v) is 14.6. The molecule has 0 atom stereocenters. The number of hydrogen-bond acceptors (Lipinski definition) is 0. The molecule has 0 aromatic carbocycles. The van der Waals surface area contributed by atoms with Crippen LogP contribution in [0.1, 0.15) is 64.2 Å². The smallest absolute Gasteiger partial charge is 0.00877 e. The summed E-state index contributed by atoms with van der Waals surface area (Å²) < 4.78 is 0. The lowest BCUT2D eigenvalue weighted by atomic mass is 10.0. The first kappa shape index (κ1) is 12.1. The highest BCUT2D eigenvalue weighted by Crippen LogP contribution is 2.29. The standard InChI is InChI=1S/C12H28Si3/c1-3-7-11(8-4-1)13-15-14-12-9-5-2-6-10-12/h11-12H,1-10,13-15H2. The van der Waals surface area contributed by atoms with Crippen molar-refractivity contribution in [3.8, 4) is 0 Å². The van der Waals surface area contributed by atoms with E-state index in [0.717, 1.165) is 0 Å². The van der Waals surface area contributed by atoms with Crippen molar-refractivity contribution >= 4 is 26.6 Å². The average molecular weight is 257 g/mol. The monoisotopic (exact) mass is 256 g/mol. The van der Waals surface area contributed by atoms with Gasteiger partial charge >= 0.3 is 0 Å². The Hall–Kier alpha value is 0.651. The molecule has 2 rings (SSSR count). The van der Waals surface area contributed by atoms with Crippen LogP contribution in [-0.2, 0) is 0 Å². The molecule has 0 spiro atoms. The number of hydrogen-bond donors (Lipinski definition) is 0. The van der Waals surface area contributed by atoms with Crippen LogP contribution >= 0.6 is 0 Å². The Morgan fingerprint density at radius 2 is 0.933 bits per heavy atom. The fourth-order valence-corrected chi connectivity index (χ4v) is 27.5. The second-order valence-electron chi connectivity index (χ2n) is 5.94. The van der Waals surface area contributed by atoms with Crippen LogP contribution in [0.25, 0.3) is 0 Å². The zero-order valence-electron chi connectivity index (χ0n) is 10.3. The number of rotatable bonds is 4. The summed E-state index contributed by atoms with van der Waals surface area (Å²) in [5.41, 5.74) is 2.70. The minimum Gasteiger partial charge on any atom is -0.0542 e. The molecule has 0 amide bonds. The zero-order chi connectivity index (χ0) is 10.3. The van der Waals surface area contributed by atoms with E-state index in [1.807, 2.05) is 0 Å². The van der Waals surface area contributed by atoms with Gasteiger partial charge in [0.1, 0.15) is 0 Å². The normalized spacial score (nSPS) is 28.0. The largest absolute Gasteiger partial charge is 0.0542 e. The van der Waals surface area contributed by atoms with Gasteiger partial charge in [0, 0.05) is 18.1 Å². The highest BCUT2D eigenvalue weighted by molar-refractivity contribution is 7.30. The molecule has 0 N–H and O–H groups in total. The first-order chi connectivity index (χ1) is 7.45. The molecule has 0 aliphatic heterocycles. The second kappa shape index (κ2) is 7.07. The lowest BCUT2D eigenvalue weighted by molar-refractivity contribution is 0.502. The van der Waals surface area contributed by atoms with Gasteiger partial charge < -0.3 is 0 Å². The highest BCUT2D eigenvalue weighted by atomic mass is 29.5. The van der Waals surface area contributed by atoms with E-state index in [9.17, 15) is 0 Å². The maximum absolute atomic E-state index is 1.66. The lowest BCUT2D eigenvalue weighted by Gasteiger charge is -2.23. The van der Waals surface area contributed by atoms with Crippen LogP contribution in [0.15, 0.2) is 0 Å². The molecule has 2 aliphatic rings. The summed E-state index contributed by atoms with van der Waals surface area (Å²) >= 11 is 0. The first-order valence-electron chi connectivity index (χ1n) is 7.45. The third-order valence-corrected chi connectivity index (χ3v) is 23.5. The summed E-state index contributed by atoms with van der Waals surface area (Å²) in [6.07, 6.45) is 16.2. The topological polar surface area (TPSA) is 0 Å². The van der Waals surface area contributed by atoms with Crippen LogP contribution in [-0.4, -0.2) is 26.6 Å². The van der Waals surface area contributed by atoms with E-state index in [0.29, 0.717) is 26.6 Å². The highest BCUT2D eigenvalue weighted by Gasteiger charge is 2.17. The van der Waals surface area contributed by atoms with Crippen LogP contribution in [0.2, 0.25) is 11.1 Å². The molecule has 0 bridgehead atoms. The van der Waals surface area contributed by atoms with Gasteiger partial charge in [-0.05, 0) is 8.55 Å². The van der Waals surface area contributed by atoms with Crippen molar-refractivity contribution in [3.63, 3.8) is 0 Å². The molecule has 0 saturated heterocycles. The maximum atomic E-state index is 1.66. The average Bonchev–Trinajstić information content (AvgIpc) is 2.32. The lowest BCUT2D eigenvalue weighted by Crippen LogP contribution is -2.23. The summed E-state index contributed by atoms with van der Waals surface area (Å²) in [5.74, 6) is 0. The van der Waals surface area contributed by atoms with Crippen LogP contribution in [0.4, 0.5) is 0 Å². The van der Waals surface area contributed by atoms with Crippen LogP contribution < -0.4 is 0 Å². The minimum absolute atomic E-state index is 0.521. The van der Waals surface area contributed by atoms with E-state index in [1.165, 1.54) is 11.1 Å². The fourth-order valence-electron chi connectivity index (χ4n) is 3.65. The summed E-state index contributed by atoms with van der Waals surface area (Å²) in [4.78, 5) is 0. The molecule has 0 aromatic rings. The maximum Gasteiger partial charge on any atom is 0.00877 e. The van der Waals surface area contributed by atoms with E-state index in [4.69, 9.17) is 0 Å². The van der Waals surface area contributed by atoms with Gasteiger partial charge in [-0.3, -0.25) is 0 Å². The van der Waals surface area contributed by atoms with Crippen molar-refractivity contribution < 1.29 is 0 Å². The molecule has 0 radical (unpaired) electrons. The van der Waals surface area contributed by atoms with Crippen LogP contribution in [0.5, 0.6) is 0 Å². The first-order valence-corrected chi connectivity index (χ1v) is 17.1. The van der Waals surface area contributed by atoms with Gasteiger partial charge in [-0.15, -0.1) is 0 Å². The van der Waals surface area contributed by atoms with Gasteiger partial charge in [-0.25, -0.2) is 0 Å². The van der Waals surface area contributed by atoms with Gasteiger partial charge in [0.05, 0.1) is 0 Å². The van der Waals surface area contributed by atoms with Gasteiger partial charge in [-0.1, -0.05) is 75.3 Å². The molecule has 2 saturated carbocycles. The SMILES string of the molecule is C1CCC([SiH2][SiH2][SiH2]C2CCCCC2)CC1. The summed E-state index contributed by atoms with van der Waals surface area (Å²) in [6.45, 7) is 0. The van der Waals surface area contributed by atoms with E-state index in [1.54, 1.807) is 64.2 Å². The Kier molecular flexibility index (Phi) is 5.71. The van der Waals surface area contributed by atoms with E-state index >= 15 is 0 Å². The Bertz CT molecular complexity index is 142. The van der Waals surface area contributed by atoms with Gasteiger partial charge in [0.2, 0.25) is 0 Å². The molecule has 0 aromatic heterocycles. The quantitative estimate of drug-likeness (QED) is 0.673. The molecule has 2 fully saturated rings. The van der Waals surface area contributed by atoms with Gasteiger partial charge in [-0.2, -0.15) is 0 Å². The Balaban J connectivity index is 1.53. The third kappa shape index (κ3) is 4.57. The molecular weight excluding hydrogens is 228 g/mol. The Morgan fingerprint density at radius 3 is 1.33 bits per heavy atom. The van der Waals surface area contributed by atoms with E-state index in [-0.39, 0.29) is 0 Å². The van der Waals surface area contributed by atoms with Crippen LogP contribution in [0.3, 0.4) is 0 Å². The van der Waals surface area contributed by atoms with Crippen LogP contribution in [0, 0.1) is 0 Å². The van der Waals surface area contributed by atoms with Crippen molar-refractivity contribution in [2.24, 2.45) is 0 Å². The minimum atomic E-state index is 0.521. The molecule has 3 heteroatoms. The predicted octanol–water partition coefficient (Wildman–Crippen LogP) is 1.83. The van der Waals surface area contributed by atoms with Crippen molar-refractivity contribution in [1.82, 2.24) is 0 Å². The van der Waals surface area contributed by atoms with E-state index < -0.39 is 0 Å². The van der Waals surface area contributed by atoms with Crippen molar-refractivity contribution in [2.45, 2.75) is 75.3 Å². The molecule has 0 nitrogen and oxygen atoms in total. The molecule has 88 valence electrons. The predicted molar refractivity (Wildman–Crippen MR) is 79.3 cm³/mol. The van der Waals surface area contributed by atoms with Crippen molar-refractivity contribution in [3.05, 3.63) is 0 Å². The molecule has 2 aliphatic carbocycles. The Labute approximate surface area is 102 Å². The fraction of sp³-hybridized carbons (Fsp3) is 1.00. The Morgan fingerprint density at radius 1 is 0.533 bits per heavy atom. The van der Waals surface area contributed by atoms with Crippen molar-refractivity contribution in [2.75, 3.05) is 0 Å². The van der Waals surface area contributed by atoms with Gasteiger partial charge in [0.25, 0.3) is 0 Å². The molecule has 0 heterocycles. The molecule has 15 heavy (non-hydrogen) atoms. The summed E-state index contributed by atoms with van der Waals surface area (Å²) in [6, 6.07) is 0. The van der Waals surface area contributed by atoms with E-state index in [2.05, 4.69) is 0 Å².